The van der Waals surface area contributed by atoms with Gasteiger partial charge in [0.1, 0.15) is 5.75 Å². The Morgan fingerprint density at radius 2 is 1.28 bits per heavy atom. The van der Waals surface area contributed by atoms with Gasteiger partial charge in [-0.05, 0) is 23.3 Å². The van der Waals surface area contributed by atoms with Gasteiger partial charge in [0.05, 0.1) is 7.11 Å². The van der Waals surface area contributed by atoms with E-state index in [0.29, 0.717) is 0 Å². The molecule has 0 aliphatic rings. The number of methoxy groups -OCH3 is 1. The Kier molecular flexibility index (Phi) is 6.37. The van der Waals surface area contributed by atoms with Crippen molar-refractivity contribution in [1.82, 2.24) is 0 Å². The second-order valence-corrected chi connectivity index (χ2v) is 4.56. The summed E-state index contributed by atoms with van der Waals surface area (Å²) in [7, 11) is 0.0577. The van der Waals surface area contributed by atoms with E-state index in [9.17, 15) is 0 Å². The molecule has 0 amide bonds. The summed E-state index contributed by atoms with van der Waals surface area (Å²) >= 11 is 0. The number of ether oxygens (including phenoxy) is 1. The first-order valence-electron chi connectivity index (χ1n) is 5.44. The smallest absolute Gasteiger partial charge is 0.161 e. The van der Waals surface area contributed by atoms with Gasteiger partial charge in [0.15, 0.2) is 8.38 Å². The minimum absolute atomic E-state index is 0.893. The molecule has 2 rings (SSSR count). The van der Waals surface area contributed by atoms with E-state index in [1.807, 2.05) is 30.3 Å². The van der Waals surface area contributed by atoms with Crippen LogP contribution in [0, 0.1) is 0 Å². The molecule has 0 unspecified atom stereocenters. The quantitative estimate of drug-likeness (QED) is 0.818. The fourth-order valence-corrected chi connectivity index (χ4v) is 1.41. The molecule has 0 atom stereocenters. The van der Waals surface area contributed by atoms with Crippen LogP contribution in [-0.4, -0.2) is 23.6 Å². The highest BCUT2D eigenvalue weighted by Gasteiger charge is 1.95. The first kappa shape index (κ1) is 14.7. The maximum atomic E-state index is 7.68. The molecular formula is C14H17O3P. The van der Waals surface area contributed by atoms with E-state index < -0.39 is 8.38 Å². The van der Waals surface area contributed by atoms with Crippen LogP contribution in [-0.2, 0) is 0 Å². The normalized spacial score (nSPS) is 9.61. The molecule has 0 saturated carbocycles. The van der Waals surface area contributed by atoms with Crippen LogP contribution in [0.1, 0.15) is 0 Å². The summed E-state index contributed by atoms with van der Waals surface area (Å²) in [5, 5.41) is 0. The molecule has 18 heavy (non-hydrogen) atoms. The van der Waals surface area contributed by atoms with Crippen molar-refractivity contribution >= 4 is 8.38 Å². The standard InChI is InChI=1S/C13H12O.CH5O2P/c1-14-13-9-7-12(8-10-13)11-5-3-2-4-6-11;1-4(2)3/h2-10H,1H3;2-3H,1H3. The van der Waals surface area contributed by atoms with Crippen molar-refractivity contribution in [2.75, 3.05) is 13.8 Å². The molecule has 3 nitrogen and oxygen atoms in total. The Balaban J connectivity index is 0.000000357. The van der Waals surface area contributed by atoms with Crippen LogP contribution in [0.4, 0.5) is 0 Å². The second-order valence-electron chi connectivity index (χ2n) is 3.58. The van der Waals surface area contributed by atoms with Crippen LogP contribution in [0.3, 0.4) is 0 Å². The molecule has 0 radical (unpaired) electrons. The summed E-state index contributed by atoms with van der Waals surface area (Å²) in [5.74, 6) is 0.893. The van der Waals surface area contributed by atoms with Gasteiger partial charge in [0.2, 0.25) is 0 Å². The van der Waals surface area contributed by atoms with Crippen molar-refractivity contribution in [1.29, 1.82) is 0 Å². The third-order valence-corrected chi connectivity index (χ3v) is 2.20. The van der Waals surface area contributed by atoms with Crippen molar-refractivity contribution in [3.8, 4) is 16.9 Å². The molecule has 2 aromatic carbocycles. The Morgan fingerprint density at radius 3 is 1.72 bits per heavy atom. The predicted molar refractivity (Wildman–Crippen MR) is 75.7 cm³/mol. The van der Waals surface area contributed by atoms with Crippen LogP contribution >= 0.6 is 8.38 Å². The van der Waals surface area contributed by atoms with Crippen LogP contribution in [0.25, 0.3) is 11.1 Å². The number of hydrogen-bond acceptors (Lipinski definition) is 3. The molecule has 0 aliphatic carbocycles. The molecule has 0 saturated heterocycles. The van der Waals surface area contributed by atoms with Crippen LogP contribution in [0.5, 0.6) is 5.75 Å². The zero-order valence-electron chi connectivity index (χ0n) is 10.4. The van der Waals surface area contributed by atoms with Crippen LogP contribution in [0.15, 0.2) is 54.6 Å². The Bertz CT molecular complexity index is 438. The topological polar surface area (TPSA) is 49.7 Å². The van der Waals surface area contributed by atoms with Crippen molar-refractivity contribution in [3.05, 3.63) is 54.6 Å². The molecular weight excluding hydrogens is 247 g/mol. The SMILES string of the molecule is COc1ccc(-c2ccccc2)cc1.CP(O)O. The molecule has 0 spiro atoms. The second kappa shape index (κ2) is 7.83. The van der Waals surface area contributed by atoms with Gasteiger partial charge in [-0.15, -0.1) is 0 Å². The van der Waals surface area contributed by atoms with E-state index >= 15 is 0 Å². The zero-order chi connectivity index (χ0) is 13.4. The third-order valence-electron chi connectivity index (χ3n) is 2.20. The summed E-state index contributed by atoms with van der Waals surface area (Å²) in [6.45, 7) is 1.34. The molecule has 2 N–H and O–H groups in total. The van der Waals surface area contributed by atoms with Crippen molar-refractivity contribution < 1.29 is 14.5 Å². The highest BCUT2D eigenvalue weighted by atomic mass is 31.2. The first-order valence-corrected chi connectivity index (χ1v) is 7.14. The summed E-state index contributed by atoms with van der Waals surface area (Å²) < 4.78 is 5.11. The van der Waals surface area contributed by atoms with E-state index in [0.717, 1.165) is 5.75 Å². The molecule has 96 valence electrons. The molecule has 0 heterocycles. The molecule has 0 bridgehead atoms. The lowest BCUT2D eigenvalue weighted by molar-refractivity contribution is 0.415. The van der Waals surface area contributed by atoms with E-state index in [2.05, 4.69) is 24.3 Å². The first-order chi connectivity index (χ1) is 8.63. The van der Waals surface area contributed by atoms with Crippen LogP contribution < -0.4 is 4.74 Å². The van der Waals surface area contributed by atoms with E-state index in [1.54, 1.807) is 7.11 Å². The zero-order valence-corrected chi connectivity index (χ0v) is 11.3. The number of hydrogen-bond donors (Lipinski definition) is 2. The van der Waals surface area contributed by atoms with Crippen molar-refractivity contribution in [2.24, 2.45) is 0 Å². The Morgan fingerprint density at radius 1 is 0.833 bits per heavy atom. The van der Waals surface area contributed by atoms with E-state index in [1.165, 1.54) is 17.8 Å². The molecule has 0 aliphatic heterocycles. The van der Waals surface area contributed by atoms with Crippen molar-refractivity contribution in [3.63, 3.8) is 0 Å². The minimum atomic E-state index is -1.62. The highest BCUT2D eigenvalue weighted by molar-refractivity contribution is 7.44. The lowest BCUT2D eigenvalue weighted by Gasteiger charge is -2.02. The van der Waals surface area contributed by atoms with Gasteiger partial charge in [-0.25, -0.2) is 0 Å². The third kappa shape index (κ3) is 5.28. The van der Waals surface area contributed by atoms with Gasteiger partial charge in [-0.1, -0.05) is 42.5 Å². The van der Waals surface area contributed by atoms with Gasteiger partial charge in [-0.3, -0.25) is 0 Å². The molecule has 4 heteroatoms. The average Bonchev–Trinajstić information content (AvgIpc) is 2.39. The Labute approximate surface area is 109 Å². The molecule has 2 aromatic rings. The predicted octanol–water partition coefficient (Wildman–Crippen LogP) is 3.27. The van der Waals surface area contributed by atoms with Gasteiger partial charge in [-0.2, -0.15) is 0 Å². The summed E-state index contributed by atoms with van der Waals surface area (Å²) in [4.78, 5) is 15.4. The average molecular weight is 264 g/mol. The fourth-order valence-electron chi connectivity index (χ4n) is 1.41. The summed E-state index contributed by atoms with van der Waals surface area (Å²) in [5.41, 5.74) is 2.45. The monoisotopic (exact) mass is 264 g/mol. The summed E-state index contributed by atoms with van der Waals surface area (Å²) in [6.07, 6.45) is 0. The van der Waals surface area contributed by atoms with E-state index in [4.69, 9.17) is 14.5 Å². The van der Waals surface area contributed by atoms with Crippen molar-refractivity contribution in [2.45, 2.75) is 0 Å². The van der Waals surface area contributed by atoms with Crippen LogP contribution in [0.2, 0.25) is 0 Å². The Hall–Kier alpha value is -1.41. The van der Waals surface area contributed by atoms with Gasteiger partial charge < -0.3 is 14.5 Å². The lowest BCUT2D eigenvalue weighted by Crippen LogP contribution is -1.82. The summed E-state index contributed by atoms with van der Waals surface area (Å²) in [6, 6.07) is 18.4. The fraction of sp³-hybridized carbons (Fsp3) is 0.143. The number of rotatable bonds is 2. The maximum absolute atomic E-state index is 7.68. The van der Waals surface area contributed by atoms with Gasteiger partial charge >= 0.3 is 0 Å². The minimum Gasteiger partial charge on any atom is -0.497 e. The lowest BCUT2D eigenvalue weighted by atomic mass is 10.1. The largest absolute Gasteiger partial charge is 0.497 e. The maximum Gasteiger partial charge on any atom is 0.161 e. The molecule has 0 aromatic heterocycles. The van der Waals surface area contributed by atoms with E-state index in [-0.39, 0.29) is 0 Å². The highest BCUT2D eigenvalue weighted by Crippen LogP contribution is 2.21. The van der Waals surface area contributed by atoms with Gasteiger partial charge in [0.25, 0.3) is 0 Å². The number of benzene rings is 2. The van der Waals surface area contributed by atoms with Gasteiger partial charge in [0, 0.05) is 6.66 Å². The molecule has 0 fully saturated rings.